The van der Waals surface area contributed by atoms with E-state index in [0.29, 0.717) is 40.5 Å². The summed E-state index contributed by atoms with van der Waals surface area (Å²) >= 11 is 0. The van der Waals surface area contributed by atoms with Crippen molar-refractivity contribution in [1.82, 2.24) is 5.32 Å². The van der Waals surface area contributed by atoms with Gasteiger partial charge in [-0.05, 0) is 93.4 Å². The molecule has 0 aliphatic heterocycles. The first kappa shape index (κ1) is 37.7. The Hall–Kier alpha value is -4.53. The van der Waals surface area contributed by atoms with E-state index in [4.69, 9.17) is 24.7 Å². The summed E-state index contributed by atoms with van der Waals surface area (Å²) in [6.07, 6.45) is 5.89. The minimum absolute atomic E-state index is 0.111. The smallest absolute Gasteiger partial charge is 0.343 e. The van der Waals surface area contributed by atoms with Gasteiger partial charge in [0.15, 0.2) is 11.5 Å². The average molecular weight is 635 g/mol. The molecular weight excluding hydrogens is 584 g/mol. The molecule has 9 nitrogen and oxygen atoms in total. The molecule has 1 atom stereocenters. The van der Waals surface area contributed by atoms with Crippen LogP contribution in [-0.2, 0) is 16.0 Å². The number of nitrogen functional groups attached to an aromatic ring is 1. The fourth-order valence-electron chi connectivity index (χ4n) is 4.34. The summed E-state index contributed by atoms with van der Waals surface area (Å²) < 4.78 is 22.5. The van der Waals surface area contributed by atoms with Gasteiger partial charge >= 0.3 is 11.9 Å². The van der Waals surface area contributed by atoms with Crippen molar-refractivity contribution in [3.63, 3.8) is 0 Å². The molecule has 3 aromatic rings. The zero-order chi connectivity index (χ0) is 34.1. The van der Waals surface area contributed by atoms with Gasteiger partial charge in [-0.3, -0.25) is 4.79 Å². The highest BCUT2D eigenvalue weighted by atomic mass is 16.6. The van der Waals surface area contributed by atoms with E-state index in [1.54, 1.807) is 87.5 Å². The Kier molecular flexibility index (Phi) is 15.6. The van der Waals surface area contributed by atoms with Crippen LogP contribution in [0.25, 0.3) is 0 Å². The van der Waals surface area contributed by atoms with Crippen molar-refractivity contribution < 1.29 is 33.3 Å². The molecule has 0 radical (unpaired) electrons. The average Bonchev–Trinajstić information content (AvgIpc) is 3.03. The van der Waals surface area contributed by atoms with Crippen LogP contribution in [0, 0.1) is 0 Å². The first-order valence-corrected chi connectivity index (χ1v) is 16.0. The summed E-state index contributed by atoms with van der Waals surface area (Å²) in [5.41, 5.74) is 6.88. The first-order valence-electron chi connectivity index (χ1n) is 16.0. The molecule has 0 saturated carbocycles. The Morgan fingerprint density at radius 2 is 1.46 bits per heavy atom. The number of hydrogen-bond acceptors (Lipinski definition) is 8. The number of anilines is 1. The third-order valence-electron chi connectivity index (χ3n) is 6.65. The van der Waals surface area contributed by atoms with Gasteiger partial charge in [-0.1, -0.05) is 52.5 Å². The van der Waals surface area contributed by atoms with Gasteiger partial charge in [-0.25, -0.2) is 9.59 Å². The second-order valence-electron chi connectivity index (χ2n) is 11.5. The number of hydrogen-bond donors (Lipinski definition) is 2. The molecule has 3 rings (SSSR count). The summed E-state index contributed by atoms with van der Waals surface area (Å²) in [6, 6.07) is 17.2. The third kappa shape index (κ3) is 12.8. The van der Waals surface area contributed by atoms with E-state index in [1.807, 2.05) is 13.8 Å². The lowest BCUT2D eigenvalue weighted by atomic mass is 10.0. The lowest BCUT2D eigenvalue weighted by Gasteiger charge is -2.25. The van der Waals surface area contributed by atoms with E-state index in [9.17, 15) is 14.4 Å². The Morgan fingerprint density at radius 3 is 2.07 bits per heavy atom. The fourth-order valence-corrected chi connectivity index (χ4v) is 4.34. The normalized spacial score (nSPS) is 11.4. The highest BCUT2D eigenvalue weighted by molar-refractivity contribution is 5.97. The molecule has 0 saturated heterocycles. The summed E-state index contributed by atoms with van der Waals surface area (Å²) in [6.45, 7) is 12.1. The molecule has 9 heteroatoms. The van der Waals surface area contributed by atoms with Crippen LogP contribution in [0.3, 0.4) is 0 Å². The van der Waals surface area contributed by atoms with Crippen LogP contribution in [0.5, 0.6) is 17.2 Å². The van der Waals surface area contributed by atoms with Crippen molar-refractivity contribution in [3.05, 3.63) is 83.4 Å². The molecule has 0 fully saturated rings. The molecule has 250 valence electrons. The number of unbranched alkanes of at least 4 members (excludes halogenated alkanes) is 4. The molecule has 0 aliphatic carbocycles. The van der Waals surface area contributed by atoms with Crippen molar-refractivity contribution in [2.75, 3.05) is 19.5 Å². The van der Waals surface area contributed by atoms with Crippen LogP contribution in [0.1, 0.15) is 99.9 Å². The lowest BCUT2D eigenvalue weighted by Crippen LogP contribution is -2.45. The van der Waals surface area contributed by atoms with Crippen molar-refractivity contribution in [3.8, 4) is 17.2 Å². The zero-order valence-electron chi connectivity index (χ0n) is 28.3. The minimum Gasteiger partial charge on any atom is -0.494 e. The summed E-state index contributed by atoms with van der Waals surface area (Å²) in [7, 11) is 1.46. The Morgan fingerprint density at radius 1 is 0.826 bits per heavy atom. The van der Waals surface area contributed by atoms with Gasteiger partial charge in [-0.2, -0.15) is 0 Å². The second-order valence-corrected chi connectivity index (χ2v) is 11.5. The number of methoxy groups -OCH3 is 1. The number of nitrogens with one attached hydrogen (secondary N) is 1. The highest BCUT2D eigenvalue weighted by Crippen LogP contribution is 2.30. The Bertz CT molecular complexity index is 1380. The lowest BCUT2D eigenvalue weighted by molar-refractivity contribution is -0.157. The van der Waals surface area contributed by atoms with Gasteiger partial charge in [0.1, 0.15) is 17.4 Å². The van der Waals surface area contributed by atoms with Crippen LogP contribution in [-0.4, -0.2) is 43.2 Å². The first-order chi connectivity index (χ1) is 22.0. The maximum Gasteiger partial charge on any atom is 0.343 e. The summed E-state index contributed by atoms with van der Waals surface area (Å²) in [4.78, 5) is 38.9. The molecule has 0 heterocycles. The molecule has 1 unspecified atom stereocenters. The van der Waals surface area contributed by atoms with E-state index in [-0.39, 0.29) is 12.2 Å². The largest absolute Gasteiger partial charge is 0.494 e. The van der Waals surface area contributed by atoms with Gasteiger partial charge in [0.05, 0.1) is 19.3 Å². The molecule has 0 bridgehead atoms. The highest BCUT2D eigenvalue weighted by Gasteiger charge is 2.28. The van der Waals surface area contributed by atoms with E-state index in [1.165, 1.54) is 26.4 Å². The van der Waals surface area contributed by atoms with E-state index in [0.717, 1.165) is 12.8 Å². The second kappa shape index (κ2) is 19.1. The number of carbonyl (C=O) groups excluding carboxylic acids is 3. The van der Waals surface area contributed by atoms with Crippen molar-refractivity contribution in [1.29, 1.82) is 0 Å². The molecule has 0 spiro atoms. The maximum absolute atomic E-state index is 13.1. The van der Waals surface area contributed by atoms with E-state index in [2.05, 4.69) is 12.2 Å². The number of benzene rings is 3. The number of nitrogens with two attached hydrogens (primary N) is 1. The molecule has 3 aromatic carbocycles. The number of esters is 2. The van der Waals surface area contributed by atoms with Crippen molar-refractivity contribution in [2.45, 2.75) is 91.7 Å². The van der Waals surface area contributed by atoms with E-state index < -0.39 is 29.5 Å². The minimum atomic E-state index is -0.991. The molecule has 1 amide bonds. The predicted molar refractivity (Wildman–Crippen MR) is 182 cm³/mol. The Labute approximate surface area is 273 Å². The standard InChI is InChI=1S/C35H44N2O7.C2H6/c1-6-7-8-9-10-21-42-28-18-14-26(15-19-28)33(39)43-30-20-11-24(23-31(30)41-5)22-29(34(40)44-35(2,3)4)37-32(38)25-12-16-27(36)17-13-25;1-2/h11-20,23,29H,6-10,21-22,36H2,1-5H3,(H,37,38);1-2H3. The van der Waals surface area contributed by atoms with Gasteiger partial charge in [0.25, 0.3) is 5.91 Å². The quantitative estimate of drug-likeness (QED) is 0.0759. The van der Waals surface area contributed by atoms with Crippen molar-refractivity contribution >= 4 is 23.5 Å². The topological polar surface area (TPSA) is 126 Å². The van der Waals surface area contributed by atoms with Crippen LogP contribution < -0.4 is 25.3 Å². The van der Waals surface area contributed by atoms with E-state index >= 15 is 0 Å². The van der Waals surface area contributed by atoms with Gasteiger partial charge in [0.2, 0.25) is 0 Å². The number of ether oxygens (including phenoxy) is 4. The molecule has 46 heavy (non-hydrogen) atoms. The number of carbonyl (C=O) groups is 3. The van der Waals surface area contributed by atoms with Gasteiger partial charge < -0.3 is 30.0 Å². The molecule has 0 aromatic heterocycles. The molecule has 3 N–H and O–H groups in total. The molecular formula is C37H50N2O7. The monoisotopic (exact) mass is 634 g/mol. The van der Waals surface area contributed by atoms with Gasteiger partial charge in [0, 0.05) is 17.7 Å². The maximum atomic E-state index is 13.1. The fraction of sp³-hybridized carbons (Fsp3) is 0.432. The van der Waals surface area contributed by atoms with Crippen LogP contribution in [0.15, 0.2) is 66.7 Å². The van der Waals surface area contributed by atoms with Gasteiger partial charge in [-0.15, -0.1) is 0 Å². The molecule has 0 aliphatic rings. The SMILES string of the molecule is CC.CCCCCCCOc1ccc(C(=O)Oc2ccc(CC(NC(=O)c3ccc(N)cc3)C(=O)OC(C)(C)C)cc2OC)cc1. The predicted octanol–water partition coefficient (Wildman–Crippen LogP) is 7.55. The van der Waals surface area contributed by atoms with Crippen LogP contribution >= 0.6 is 0 Å². The third-order valence-corrected chi connectivity index (χ3v) is 6.65. The number of rotatable bonds is 15. The summed E-state index contributed by atoms with van der Waals surface area (Å²) in [5, 5.41) is 2.77. The van der Waals surface area contributed by atoms with Crippen LogP contribution in [0.4, 0.5) is 5.69 Å². The Balaban J connectivity index is 0.00000361. The summed E-state index contributed by atoms with van der Waals surface area (Å²) in [5.74, 6) is -0.368. The number of amides is 1. The zero-order valence-corrected chi connectivity index (χ0v) is 28.3. The van der Waals surface area contributed by atoms with Crippen LogP contribution in [0.2, 0.25) is 0 Å². The van der Waals surface area contributed by atoms with Crippen molar-refractivity contribution in [2.24, 2.45) is 0 Å².